The summed E-state index contributed by atoms with van der Waals surface area (Å²) in [5.41, 5.74) is 0.0471. The maximum atomic E-state index is 12.2. The molecule has 19 heavy (non-hydrogen) atoms. The molecule has 1 saturated heterocycles. The molecule has 7 nitrogen and oxygen atoms in total. The van der Waals surface area contributed by atoms with Gasteiger partial charge in [0.05, 0.1) is 0 Å². The highest BCUT2D eigenvalue weighted by molar-refractivity contribution is 5.92. The van der Waals surface area contributed by atoms with Crippen molar-refractivity contribution in [2.24, 2.45) is 0 Å². The molecular formula is C12H16N4O3. The van der Waals surface area contributed by atoms with E-state index in [1.54, 1.807) is 16.7 Å². The van der Waals surface area contributed by atoms with Gasteiger partial charge in [0.1, 0.15) is 5.69 Å². The largest absolute Gasteiger partial charge is 0.342 e. The maximum absolute atomic E-state index is 12.2. The molecule has 2 rings (SSSR count). The molecule has 0 aromatic carbocycles. The number of piperazine rings is 1. The average molecular weight is 264 g/mol. The second-order valence-corrected chi connectivity index (χ2v) is 4.31. The molecule has 1 aliphatic rings. The summed E-state index contributed by atoms with van der Waals surface area (Å²) in [5.74, 6) is -0.201. The summed E-state index contributed by atoms with van der Waals surface area (Å²) in [6.45, 7) is 4.27. The molecule has 1 aromatic heterocycles. The Labute approximate surface area is 110 Å². The molecule has 7 heteroatoms. The van der Waals surface area contributed by atoms with E-state index >= 15 is 0 Å². The first kappa shape index (κ1) is 13.3. The monoisotopic (exact) mass is 264 g/mol. The average Bonchev–Trinajstić information content (AvgIpc) is 2.47. The van der Waals surface area contributed by atoms with Crippen molar-refractivity contribution >= 4 is 12.3 Å². The van der Waals surface area contributed by atoms with Crippen molar-refractivity contribution in [2.75, 3.05) is 26.2 Å². The summed E-state index contributed by atoms with van der Waals surface area (Å²) < 4.78 is 1.26. The Bertz CT molecular complexity index is 532. The van der Waals surface area contributed by atoms with Crippen molar-refractivity contribution in [1.82, 2.24) is 19.6 Å². The lowest BCUT2D eigenvalue weighted by Crippen LogP contribution is -2.48. The van der Waals surface area contributed by atoms with Crippen LogP contribution in [0.5, 0.6) is 0 Å². The highest BCUT2D eigenvalue weighted by Gasteiger charge is 2.22. The number of nitrogens with zero attached hydrogens (tertiary/aromatic N) is 4. The van der Waals surface area contributed by atoms with Gasteiger partial charge in [-0.05, 0) is 13.0 Å². The molecule has 0 spiro atoms. The topological polar surface area (TPSA) is 75.5 Å². The first-order chi connectivity index (χ1) is 9.15. The summed E-state index contributed by atoms with van der Waals surface area (Å²) in [6.07, 6.45) is 0.789. The van der Waals surface area contributed by atoms with Crippen LogP contribution in [-0.2, 0) is 11.3 Å². The zero-order chi connectivity index (χ0) is 13.8. The van der Waals surface area contributed by atoms with Gasteiger partial charge in [0, 0.05) is 38.8 Å². The normalized spacial score (nSPS) is 15.4. The number of hydrogen-bond acceptors (Lipinski definition) is 4. The van der Waals surface area contributed by atoms with E-state index in [0.717, 1.165) is 6.41 Å². The quantitative estimate of drug-likeness (QED) is 0.668. The van der Waals surface area contributed by atoms with Gasteiger partial charge in [0.25, 0.3) is 11.5 Å². The Morgan fingerprint density at radius 1 is 1.32 bits per heavy atom. The Morgan fingerprint density at radius 2 is 2.00 bits per heavy atom. The number of aryl methyl sites for hydroxylation is 1. The third-order valence-electron chi connectivity index (χ3n) is 3.14. The van der Waals surface area contributed by atoms with Crippen molar-refractivity contribution in [3.63, 3.8) is 0 Å². The molecule has 0 aliphatic carbocycles. The molecule has 1 fully saturated rings. The van der Waals surface area contributed by atoms with Gasteiger partial charge < -0.3 is 9.80 Å². The third kappa shape index (κ3) is 2.81. The SMILES string of the molecule is CCn1nc(C(=O)N2CCN(C=O)CC2)ccc1=O. The van der Waals surface area contributed by atoms with Crippen LogP contribution in [0.1, 0.15) is 17.4 Å². The van der Waals surface area contributed by atoms with E-state index in [2.05, 4.69) is 5.10 Å². The van der Waals surface area contributed by atoms with Crippen LogP contribution >= 0.6 is 0 Å². The Morgan fingerprint density at radius 3 is 2.58 bits per heavy atom. The summed E-state index contributed by atoms with van der Waals surface area (Å²) in [7, 11) is 0. The van der Waals surface area contributed by atoms with Gasteiger partial charge in [0.2, 0.25) is 6.41 Å². The first-order valence-electron chi connectivity index (χ1n) is 6.22. The summed E-state index contributed by atoms with van der Waals surface area (Å²) in [4.78, 5) is 37.5. The van der Waals surface area contributed by atoms with Gasteiger partial charge in [-0.15, -0.1) is 0 Å². The van der Waals surface area contributed by atoms with Gasteiger partial charge in [0.15, 0.2) is 0 Å². The first-order valence-corrected chi connectivity index (χ1v) is 6.22. The van der Waals surface area contributed by atoms with Crippen LogP contribution in [0.2, 0.25) is 0 Å². The van der Waals surface area contributed by atoms with Gasteiger partial charge in [-0.25, -0.2) is 4.68 Å². The highest BCUT2D eigenvalue weighted by Crippen LogP contribution is 2.05. The molecule has 2 amide bonds. The standard InChI is InChI=1S/C12H16N4O3/c1-2-16-11(18)4-3-10(13-16)12(19)15-7-5-14(9-17)6-8-15/h3-4,9H,2,5-8H2,1H3. The van der Waals surface area contributed by atoms with Crippen molar-refractivity contribution in [2.45, 2.75) is 13.5 Å². The lowest BCUT2D eigenvalue weighted by atomic mass is 10.3. The number of aromatic nitrogens is 2. The van der Waals surface area contributed by atoms with Crippen LogP contribution in [0.4, 0.5) is 0 Å². The van der Waals surface area contributed by atoms with Crippen LogP contribution in [0.15, 0.2) is 16.9 Å². The zero-order valence-electron chi connectivity index (χ0n) is 10.8. The number of hydrogen-bond donors (Lipinski definition) is 0. The number of rotatable bonds is 3. The molecule has 0 saturated carbocycles. The van der Waals surface area contributed by atoms with E-state index in [9.17, 15) is 14.4 Å². The van der Waals surface area contributed by atoms with Gasteiger partial charge in [-0.3, -0.25) is 14.4 Å². The highest BCUT2D eigenvalue weighted by atomic mass is 16.2. The Kier molecular flexibility index (Phi) is 3.94. The third-order valence-corrected chi connectivity index (χ3v) is 3.14. The Hall–Kier alpha value is -2.18. The van der Waals surface area contributed by atoms with E-state index in [4.69, 9.17) is 0 Å². The molecule has 0 bridgehead atoms. The fraction of sp³-hybridized carbons (Fsp3) is 0.500. The molecule has 0 radical (unpaired) electrons. The minimum atomic E-state index is -0.218. The van der Waals surface area contributed by atoms with Gasteiger partial charge in [-0.2, -0.15) is 5.10 Å². The van der Waals surface area contributed by atoms with Crippen molar-refractivity contribution < 1.29 is 9.59 Å². The Balaban J connectivity index is 2.12. The predicted octanol–water partition coefficient (Wildman–Crippen LogP) is -0.823. The second-order valence-electron chi connectivity index (χ2n) is 4.31. The predicted molar refractivity (Wildman–Crippen MR) is 67.7 cm³/mol. The van der Waals surface area contributed by atoms with Crippen LogP contribution < -0.4 is 5.56 Å². The fourth-order valence-corrected chi connectivity index (χ4v) is 1.98. The van der Waals surface area contributed by atoms with Gasteiger partial charge >= 0.3 is 0 Å². The van der Waals surface area contributed by atoms with Gasteiger partial charge in [-0.1, -0.05) is 0 Å². The van der Waals surface area contributed by atoms with E-state index < -0.39 is 0 Å². The lowest BCUT2D eigenvalue weighted by molar-refractivity contribution is -0.119. The molecule has 0 unspecified atom stereocenters. The molecule has 1 aromatic rings. The van der Waals surface area contributed by atoms with E-state index in [1.165, 1.54) is 16.8 Å². The summed E-state index contributed by atoms with van der Waals surface area (Å²) in [6, 6.07) is 2.80. The maximum Gasteiger partial charge on any atom is 0.274 e. The molecule has 102 valence electrons. The summed E-state index contributed by atoms with van der Waals surface area (Å²) >= 11 is 0. The molecule has 1 aliphatic heterocycles. The smallest absolute Gasteiger partial charge is 0.274 e. The molecule has 0 atom stereocenters. The number of amides is 2. The van der Waals surface area contributed by atoms with Crippen LogP contribution in [0.25, 0.3) is 0 Å². The van der Waals surface area contributed by atoms with Crippen LogP contribution in [0.3, 0.4) is 0 Å². The van der Waals surface area contributed by atoms with Crippen LogP contribution in [0, 0.1) is 0 Å². The van der Waals surface area contributed by atoms with E-state index in [0.29, 0.717) is 32.7 Å². The molecular weight excluding hydrogens is 248 g/mol. The molecule has 2 heterocycles. The van der Waals surface area contributed by atoms with Crippen molar-refractivity contribution in [3.05, 3.63) is 28.2 Å². The number of carbonyl (C=O) groups is 2. The lowest BCUT2D eigenvalue weighted by Gasteiger charge is -2.32. The van der Waals surface area contributed by atoms with Crippen molar-refractivity contribution in [3.8, 4) is 0 Å². The minimum absolute atomic E-state index is 0.201. The minimum Gasteiger partial charge on any atom is -0.342 e. The summed E-state index contributed by atoms with van der Waals surface area (Å²) in [5, 5.41) is 4.03. The van der Waals surface area contributed by atoms with Crippen LogP contribution in [-0.4, -0.2) is 58.1 Å². The number of carbonyl (C=O) groups excluding carboxylic acids is 2. The van der Waals surface area contributed by atoms with E-state index in [-0.39, 0.29) is 17.2 Å². The van der Waals surface area contributed by atoms with Crippen molar-refractivity contribution in [1.29, 1.82) is 0 Å². The fourth-order valence-electron chi connectivity index (χ4n) is 1.98. The van der Waals surface area contributed by atoms with E-state index in [1.807, 2.05) is 0 Å². The zero-order valence-corrected chi connectivity index (χ0v) is 10.8. The molecule has 0 N–H and O–H groups in total. The second kappa shape index (κ2) is 5.64.